The number of aryl methyl sites for hydroxylation is 1. The number of hydrogen-bond donors (Lipinski definition) is 4. The van der Waals surface area contributed by atoms with E-state index in [1.807, 2.05) is 0 Å². The Morgan fingerprint density at radius 3 is 2.65 bits per heavy atom. The summed E-state index contributed by atoms with van der Waals surface area (Å²) in [6.07, 6.45) is 5.17. The molecule has 1 saturated heterocycles. The standard InChI is InChI=1S/C19H29N7/c1-2-3-6-13-10-16(26-9-4-5-12(20)11-26)25-19(24-13)17-14(21)7-8-15(22)18(17)23/h7-8,10,12H,2-6,9,11,20-23H2,1H3. The summed E-state index contributed by atoms with van der Waals surface area (Å²) >= 11 is 0. The van der Waals surface area contributed by atoms with Gasteiger partial charge in [-0.3, -0.25) is 0 Å². The van der Waals surface area contributed by atoms with Crippen LogP contribution >= 0.6 is 0 Å². The average Bonchev–Trinajstić information content (AvgIpc) is 2.63. The van der Waals surface area contributed by atoms with E-state index in [4.69, 9.17) is 32.9 Å². The lowest BCUT2D eigenvalue weighted by molar-refractivity contribution is 0.503. The molecule has 26 heavy (non-hydrogen) atoms. The van der Waals surface area contributed by atoms with Crippen LogP contribution in [0.5, 0.6) is 0 Å². The van der Waals surface area contributed by atoms with Crippen molar-refractivity contribution in [1.29, 1.82) is 0 Å². The minimum atomic E-state index is 0.170. The molecular formula is C19H29N7. The van der Waals surface area contributed by atoms with Gasteiger partial charge in [-0.25, -0.2) is 9.97 Å². The Labute approximate surface area is 154 Å². The number of unbranched alkanes of at least 4 members (excludes halogenated alkanes) is 1. The van der Waals surface area contributed by atoms with Crippen LogP contribution in [0.4, 0.5) is 22.9 Å². The Balaban J connectivity index is 2.07. The normalized spacial score (nSPS) is 17.5. The predicted molar refractivity (Wildman–Crippen MR) is 109 cm³/mol. The molecule has 1 atom stereocenters. The third kappa shape index (κ3) is 3.83. The highest BCUT2D eigenvalue weighted by atomic mass is 15.2. The molecule has 2 aromatic rings. The molecular weight excluding hydrogens is 326 g/mol. The molecule has 1 aliphatic rings. The van der Waals surface area contributed by atoms with Crippen LogP contribution in [-0.2, 0) is 6.42 Å². The van der Waals surface area contributed by atoms with Crippen molar-refractivity contribution in [3.63, 3.8) is 0 Å². The smallest absolute Gasteiger partial charge is 0.166 e. The van der Waals surface area contributed by atoms with E-state index in [0.717, 1.165) is 56.7 Å². The van der Waals surface area contributed by atoms with Crippen molar-refractivity contribution in [1.82, 2.24) is 9.97 Å². The quantitative estimate of drug-likeness (QED) is 0.604. The van der Waals surface area contributed by atoms with Gasteiger partial charge in [-0.2, -0.15) is 0 Å². The average molecular weight is 355 g/mol. The van der Waals surface area contributed by atoms with Gasteiger partial charge in [0.15, 0.2) is 5.82 Å². The molecule has 0 radical (unpaired) electrons. The van der Waals surface area contributed by atoms with E-state index in [-0.39, 0.29) is 6.04 Å². The van der Waals surface area contributed by atoms with Crippen molar-refractivity contribution >= 4 is 22.9 Å². The number of nitrogens with zero attached hydrogens (tertiary/aromatic N) is 3. The fraction of sp³-hybridized carbons (Fsp3) is 0.474. The molecule has 3 rings (SSSR count). The summed E-state index contributed by atoms with van der Waals surface area (Å²) in [5.41, 5.74) is 27.6. The first-order valence-corrected chi connectivity index (χ1v) is 9.32. The predicted octanol–water partition coefficient (Wildman–Crippen LogP) is 2.16. The molecule has 1 unspecified atom stereocenters. The van der Waals surface area contributed by atoms with Crippen molar-refractivity contribution in [2.45, 2.75) is 45.1 Å². The summed E-state index contributed by atoms with van der Waals surface area (Å²) < 4.78 is 0. The topological polar surface area (TPSA) is 133 Å². The highest BCUT2D eigenvalue weighted by Crippen LogP contribution is 2.35. The molecule has 0 spiro atoms. The summed E-state index contributed by atoms with van der Waals surface area (Å²) in [5.74, 6) is 1.42. The van der Waals surface area contributed by atoms with Crippen LogP contribution in [0.1, 0.15) is 38.3 Å². The molecule has 0 aliphatic carbocycles. The van der Waals surface area contributed by atoms with E-state index in [1.54, 1.807) is 12.1 Å². The van der Waals surface area contributed by atoms with E-state index >= 15 is 0 Å². The molecule has 1 fully saturated rings. The van der Waals surface area contributed by atoms with Gasteiger partial charge >= 0.3 is 0 Å². The highest BCUT2D eigenvalue weighted by Gasteiger charge is 2.21. The van der Waals surface area contributed by atoms with Gasteiger partial charge in [-0.05, 0) is 37.8 Å². The van der Waals surface area contributed by atoms with Gasteiger partial charge < -0.3 is 27.8 Å². The molecule has 1 aliphatic heterocycles. The van der Waals surface area contributed by atoms with Crippen LogP contribution in [0.15, 0.2) is 18.2 Å². The summed E-state index contributed by atoms with van der Waals surface area (Å²) in [6.45, 7) is 3.91. The third-order valence-corrected chi connectivity index (χ3v) is 4.87. The number of anilines is 4. The fourth-order valence-electron chi connectivity index (χ4n) is 3.36. The van der Waals surface area contributed by atoms with Crippen LogP contribution in [0, 0.1) is 0 Å². The van der Waals surface area contributed by atoms with Crippen molar-refractivity contribution in [3.05, 3.63) is 23.9 Å². The van der Waals surface area contributed by atoms with E-state index in [2.05, 4.69) is 17.9 Å². The second kappa shape index (κ2) is 7.78. The molecule has 0 saturated carbocycles. The van der Waals surface area contributed by atoms with Crippen molar-refractivity contribution < 1.29 is 0 Å². The maximum absolute atomic E-state index is 6.20. The van der Waals surface area contributed by atoms with Crippen molar-refractivity contribution in [2.24, 2.45) is 5.73 Å². The number of benzene rings is 1. The lowest BCUT2D eigenvalue weighted by Crippen LogP contribution is -2.43. The van der Waals surface area contributed by atoms with Crippen LogP contribution < -0.4 is 27.8 Å². The Hall–Kier alpha value is -2.54. The monoisotopic (exact) mass is 355 g/mol. The molecule has 1 aromatic heterocycles. The zero-order chi connectivity index (χ0) is 18.7. The molecule has 7 nitrogen and oxygen atoms in total. The van der Waals surface area contributed by atoms with Crippen LogP contribution in [0.3, 0.4) is 0 Å². The lowest BCUT2D eigenvalue weighted by atomic mass is 10.1. The number of nitrogen functional groups attached to an aromatic ring is 3. The number of piperidine rings is 1. The number of nitrogens with two attached hydrogens (primary N) is 4. The number of hydrogen-bond acceptors (Lipinski definition) is 7. The van der Waals surface area contributed by atoms with Crippen molar-refractivity contribution in [3.8, 4) is 11.4 Å². The maximum Gasteiger partial charge on any atom is 0.166 e. The first kappa shape index (κ1) is 18.3. The van der Waals surface area contributed by atoms with Gasteiger partial charge in [-0.1, -0.05) is 13.3 Å². The molecule has 0 bridgehead atoms. The minimum Gasteiger partial charge on any atom is -0.398 e. The number of rotatable bonds is 5. The minimum absolute atomic E-state index is 0.170. The lowest BCUT2D eigenvalue weighted by Gasteiger charge is -2.32. The van der Waals surface area contributed by atoms with E-state index in [0.29, 0.717) is 28.5 Å². The van der Waals surface area contributed by atoms with Gasteiger partial charge in [-0.15, -0.1) is 0 Å². The molecule has 140 valence electrons. The van der Waals surface area contributed by atoms with Crippen LogP contribution in [0.2, 0.25) is 0 Å². The first-order chi connectivity index (χ1) is 12.5. The Bertz CT molecular complexity index is 775. The Morgan fingerprint density at radius 2 is 1.92 bits per heavy atom. The van der Waals surface area contributed by atoms with E-state index in [9.17, 15) is 0 Å². The van der Waals surface area contributed by atoms with Crippen LogP contribution in [-0.4, -0.2) is 29.1 Å². The van der Waals surface area contributed by atoms with Gasteiger partial charge in [0.2, 0.25) is 0 Å². The Kier molecular flexibility index (Phi) is 5.46. The zero-order valence-electron chi connectivity index (χ0n) is 15.4. The van der Waals surface area contributed by atoms with E-state index < -0.39 is 0 Å². The van der Waals surface area contributed by atoms with Gasteiger partial charge in [0.1, 0.15) is 5.82 Å². The molecule has 1 aromatic carbocycles. The summed E-state index contributed by atoms with van der Waals surface area (Å²) in [4.78, 5) is 11.7. The highest BCUT2D eigenvalue weighted by molar-refractivity contribution is 5.90. The SMILES string of the molecule is CCCCc1cc(N2CCCC(N)C2)nc(-c2c(N)ccc(N)c2N)n1. The number of aromatic nitrogens is 2. The zero-order valence-corrected chi connectivity index (χ0v) is 15.4. The van der Waals surface area contributed by atoms with Gasteiger partial charge in [0, 0.05) is 36.6 Å². The fourth-order valence-corrected chi connectivity index (χ4v) is 3.36. The summed E-state index contributed by atoms with van der Waals surface area (Å²) in [7, 11) is 0. The molecule has 0 amide bonds. The largest absolute Gasteiger partial charge is 0.398 e. The Morgan fingerprint density at radius 1 is 1.15 bits per heavy atom. The molecule has 8 N–H and O–H groups in total. The second-order valence-corrected chi connectivity index (χ2v) is 7.03. The van der Waals surface area contributed by atoms with Crippen molar-refractivity contribution in [2.75, 3.05) is 35.2 Å². The van der Waals surface area contributed by atoms with Crippen LogP contribution in [0.25, 0.3) is 11.4 Å². The summed E-state index contributed by atoms with van der Waals surface area (Å²) in [6, 6.07) is 5.69. The van der Waals surface area contributed by atoms with E-state index in [1.165, 1.54) is 0 Å². The third-order valence-electron chi connectivity index (χ3n) is 4.87. The van der Waals surface area contributed by atoms with Gasteiger partial charge in [0.05, 0.1) is 16.9 Å². The second-order valence-electron chi connectivity index (χ2n) is 7.03. The van der Waals surface area contributed by atoms with Gasteiger partial charge in [0.25, 0.3) is 0 Å². The first-order valence-electron chi connectivity index (χ1n) is 9.32. The maximum atomic E-state index is 6.20. The summed E-state index contributed by atoms with van der Waals surface area (Å²) in [5, 5.41) is 0. The molecule has 2 heterocycles. The molecule has 7 heteroatoms.